The summed E-state index contributed by atoms with van der Waals surface area (Å²) in [6.07, 6.45) is 2.01. The molecule has 0 bridgehead atoms. The van der Waals surface area contributed by atoms with Gasteiger partial charge in [0.25, 0.3) is 0 Å². The van der Waals surface area contributed by atoms with E-state index in [4.69, 9.17) is 23.7 Å². The summed E-state index contributed by atoms with van der Waals surface area (Å²) in [5, 5.41) is 0. The van der Waals surface area contributed by atoms with E-state index in [0.717, 1.165) is 42.6 Å². The van der Waals surface area contributed by atoms with E-state index in [1.165, 1.54) is 12.7 Å². The Labute approximate surface area is 248 Å². The molecule has 4 rings (SSSR count). The van der Waals surface area contributed by atoms with Gasteiger partial charge in [-0.2, -0.15) is 0 Å². The Balaban J connectivity index is 1.52. The van der Waals surface area contributed by atoms with E-state index in [1.54, 1.807) is 27.4 Å². The van der Waals surface area contributed by atoms with E-state index in [0.29, 0.717) is 40.9 Å². The van der Waals surface area contributed by atoms with E-state index >= 15 is 0 Å². The first-order valence-corrected chi connectivity index (χ1v) is 13.9. The summed E-state index contributed by atoms with van der Waals surface area (Å²) in [6, 6.07) is 28.0. The number of carbonyl (C=O) groups is 1. The van der Waals surface area contributed by atoms with Gasteiger partial charge in [-0.25, -0.2) is 4.79 Å². The molecule has 0 radical (unpaired) electrons. The highest BCUT2D eigenvalue weighted by Crippen LogP contribution is 2.38. The third-order valence-electron chi connectivity index (χ3n) is 7.01. The zero-order chi connectivity index (χ0) is 29.9. The average molecular weight is 570 g/mol. The molecule has 7 nitrogen and oxygen atoms in total. The number of carbonyl (C=O) groups excluding carboxylic acids is 1. The largest absolute Gasteiger partial charge is 0.493 e. The van der Waals surface area contributed by atoms with E-state index in [-0.39, 0.29) is 0 Å². The second kappa shape index (κ2) is 14.9. The van der Waals surface area contributed by atoms with Crippen LogP contribution >= 0.6 is 0 Å². The first kappa shape index (κ1) is 30.5. The van der Waals surface area contributed by atoms with Crippen LogP contribution in [0.1, 0.15) is 39.0 Å². The zero-order valence-corrected chi connectivity index (χ0v) is 25.0. The maximum Gasteiger partial charge on any atom is 0.341 e. The minimum absolute atomic E-state index is 0.391. The van der Waals surface area contributed by atoms with Crippen molar-refractivity contribution in [2.45, 2.75) is 32.9 Å². The van der Waals surface area contributed by atoms with Gasteiger partial charge in [0.15, 0.2) is 11.5 Å². The molecule has 0 amide bonds. The second-order valence-corrected chi connectivity index (χ2v) is 10.1. The molecule has 7 heteroatoms. The third-order valence-corrected chi connectivity index (χ3v) is 7.01. The van der Waals surface area contributed by atoms with Gasteiger partial charge in [-0.05, 0) is 85.0 Å². The normalized spacial score (nSPS) is 10.8. The molecule has 0 unspecified atom stereocenters. The van der Waals surface area contributed by atoms with Crippen molar-refractivity contribution >= 4 is 5.97 Å². The lowest BCUT2D eigenvalue weighted by atomic mass is 10.1. The number of benzene rings is 4. The lowest BCUT2D eigenvalue weighted by Crippen LogP contribution is -2.24. The van der Waals surface area contributed by atoms with Crippen molar-refractivity contribution in [3.8, 4) is 28.7 Å². The van der Waals surface area contributed by atoms with Crippen LogP contribution in [-0.2, 0) is 24.2 Å². The Morgan fingerprint density at radius 2 is 1.36 bits per heavy atom. The molecule has 0 aliphatic heterocycles. The summed E-state index contributed by atoms with van der Waals surface area (Å²) in [6.45, 7) is 4.30. The standard InChI is InChI=1S/C35H39NO6/c1-25-13-18-30(35(37)41-5)31(20-25)42-29-16-14-27(15-17-29)23-36(19-9-12-26-10-7-6-8-11-26)24-28-21-32(38-2)34(40-4)33(22-28)39-3/h6-8,10-11,13-18,20-22H,9,12,19,23-24H2,1-5H3. The Morgan fingerprint density at radius 1 is 0.690 bits per heavy atom. The van der Waals surface area contributed by atoms with Gasteiger partial charge in [-0.3, -0.25) is 4.90 Å². The minimum Gasteiger partial charge on any atom is -0.493 e. The van der Waals surface area contributed by atoms with Crippen molar-refractivity contribution in [3.63, 3.8) is 0 Å². The molecular weight excluding hydrogens is 530 g/mol. The fraction of sp³-hybridized carbons (Fsp3) is 0.286. The van der Waals surface area contributed by atoms with E-state index < -0.39 is 5.97 Å². The third kappa shape index (κ3) is 8.04. The van der Waals surface area contributed by atoms with Crippen LogP contribution in [0.4, 0.5) is 0 Å². The van der Waals surface area contributed by atoms with E-state index in [9.17, 15) is 4.79 Å². The fourth-order valence-electron chi connectivity index (χ4n) is 4.89. The van der Waals surface area contributed by atoms with Gasteiger partial charge < -0.3 is 23.7 Å². The molecule has 4 aromatic carbocycles. The van der Waals surface area contributed by atoms with Crippen LogP contribution < -0.4 is 18.9 Å². The number of hydrogen-bond donors (Lipinski definition) is 0. The van der Waals surface area contributed by atoms with Gasteiger partial charge >= 0.3 is 5.97 Å². The molecular formula is C35H39NO6. The van der Waals surface area contributed by atoms with Crippen LogP contribution in [0.3, 0.4) is 0 Å². The summed E-state index contributed by atoms with van der Waals surface area (Å²) in [4.78, 5) is 14.6. The van der Waals surface area contributed by atoms with Crippen LogP contribution in [0.25, 0.3) is 0 Å². The quantitative estimate of drug-likeness (QED) is 0.148. The first-order valence-electron chi connectivity index (χ1n) is 13.9. The van der Waals surface area contributed by atoms with Gasteiger partial charge in [-0.1, -0.05) is 48.5 Å². The fourth-order valence-corrected chi connectivity index (χ4v) is 4.89. The SMILES string of the molecule is COC(=O)c1ccc(C)cc1Oc1ccc(CN(CCCc2ccccc2)Cc2cc(OC)c(OC)c(OC)c2)cc1. The van der Waals surface area contributed by atoms with Crippen LogP contribution in [-0.4, -0.2) is 45.9 Å². The molecule has 0 spiro atoms. The van der Waals surface area contributed by atoms with Crippen LogP contribution in [0.5, 0.6) is 28.7 Å². The molecule has 0 atom stereocenters. The Kier molecular flexibility index (Phi) is 10.8. The number of ether oxygens (including phenoxy) is 5. The predicted octanol–water partition coefficient (Wildman–Crippen LogP) is 7.23. The topological polar surface area (TPSA) is 66.5 Å². The summed E-state index contributed by atoms with van der Waals surface area (Å²) < 4.78 is 27.7. The van der Waals surface area contributed by atoms with Gasteiger partial charge in [0.1, 0.15) is 17.1 Å². The summed E-state index contributed by atoms with van der Waals surface area (Å²) in [7, 11) is 6.24. The number of methoxy groups -OCH3 is 4. The van der Waals surface area contributed by atoms with Crippen LogP contribution in [0.15, 0.2) is 84.9 Å². The molecule has 220 valence electrons. The second-order valence-electron chi connectivity index (χ2n) is 10.1. The zero-order valence-electron chi connectivity index (χ0n) is 25.0. The molecule has 42 heavy (non-hydrogen) atoms. The van der Waals surface area contributed by atoms with Crippen molar-refractivity contribution in [2.75, 3.05) is 35.0 Å². The average Bonchev–Trinajstić information content (AvgIpc) is 3.01. The number of nitrogens with zero attached hydrogens (tertiary/aromatic N) is 1. The Bertz CT molecular complexity index is 1430. The lowest BCUT2D eigenvalue weighted by Gasteiger charge is -2.24. The Morgan fingerprint density at radius 3 is 1.98 bits per heavy atom. The predicted molar refractivity (Wildman–Crippen MR) is 164 cm³/mol. The molecule has 0 N–H and O–H groups in total. The number of aryl methyl sites for hydroxylation is 2. The van der Waals surface area contributed by atoms with Crippen LogP contribution in [0, 0.1) is 6.92 Å². The molecule has 0 fully saturated rings. The van der Waals surface area contributed by atoms with Crippen molar-refractivity contribution in [2.24, 2.45) is 0 Å². The highest BCUT2D eigenvalue weighted by atomic mass is 16.5. The van der Waals surface area contributed by atoms with Crippen molar-refractivity contribution in [1.29, 1.82) is 0 Å². The number of esters is 1. The summed E-state index contributed by atoms with van der Waals surface area (Å²) in [5.74, 6) is 2.55. The number of rotatable bonds is 14. The van der Waals surface area contributed by atoms with Crippen molar-refractivity contribution < 1.29 is 28.5 Å². The smallest absolute Gasteiger partial charge is 0.341 e. The molecule has 0 saturated carbocycles. The van der Waals surface area contributed by atoms with E-state index in [1.807, 2.05) is 49.4 Å². The van der Waals surface area contributed by atoms with Gasteiger partial charge in [0.2, 0.25) is 5.75 Å². The molecule has 0 aliphatic rings. The highest BCUT2D eigenvalue weighted by Gasteiger charge is 2.17. The molecule has 4 aromatic rings. The van der Waals surface area contributed by atoms with Crippen molar-refractivity contribution in [3.05, 3.63) is 113 Å². The molecule has 0 aliphatic carbocycles. The summed E-state index contributed by atoms with van der Waals surface area (Å²) >= 11 is 0. The first-order chi connectivity index (χ1) is 20.4. The summed E-state index contributed by atoms with van der Waals surface area (Å²) in [5.41, 5.74) is 4.93. The lowest BCUT2D eigenvalue weighted by molar-refractivity contribution is 0.0598. The highest BCUT2D eigenvalue weighted by molar-refractivity contribution is 5.92. The minimum atomic E-state index is -0.431. The number of hydrogen-bond acceptors (Lipinski definition) is 7. The maximum atomic E-state index is 12.2. The maximum absolute atomic E-state index is 12.2. The molecule has 0 heterocycles. The molecule has 0 aromatic heterocycles. The van der Waals surface area contributed by atoms with Crippen LogP contribution in [0.2, 0.25) is 0 Å². The van der Waals surface area contributed by atoms with Crippen molar-refractivity contribution in [1.82, 2.24) is 4.90 Å². The monoisotopic (exact) mass is 569 g/mol. The van der Waals surface area contributed by atoms with Gasteiger partial charge in [0, 0.05) is 13.1 Å². The van der Waals surface area contributed by atoms with Gasteiger partial charge in [-0.15, -0.1) is 0 Å². The van der Waals surface area contributed by atoms with E-state index in [2.05, 4.69) is 41.3 Å². The van der Waals surface area contributed by atoms with Gasteiger partial charge in [0.05, 0.1) is 28.4 Å². The Hall–Kier alpha value is -4.49. The molecule has 0 saturated heterocycles.